The summed E-state index contributed by atoms with van der Waals surface area (Å²) in [6, 6.07) is 9.05. The van der Waals surface area contributed by atoms with Gasteiger partial charge in [-0.2, -0.15) is 5.26 Å². The van der Waals surface area contributed by atoms with Gasteiger partial charge < -0.3 is 10.1 Å². The van der Waals surface area contributed by atoms with Gasteiger partial charge in [-0.1, -0.05) is 12.5 Å². The summed E-state index contributed by atoms with van der Waals surface area (Å²) in [6.07, 6.45) is 3.27. The average Bonchev–Trinajstić information content (AvgIpc) is 2.46. The lowest BCUT2D eigenvalue weighted by molar-refractivity contribution is -0.115. The number of carbonyl (C=O) groups excluding carboxylic acids is 1. The maximum absolute atomic E-state index is 12.1. The molecule has 1 aliphatic rings. The molecule has 19 heavy (non-hydrogen) atoms. The Kier molecular flexibility index (Phi) is 5.10. The van der Waals surface area contributed by atoms with Crippen molar-refractivity contribution in [3.63, 3.8) is 0 Å². The summed E-state index contributed by atoms with van der Waals surface area (Å²) in [4.78, 5) is 12.1. The minimum absolute atomic E-state index is 0.00980. The van der Waals surface area contributed by atoms with Crippen LogP contribution in [0, 0.1) is 11.3 Å². The van der Waals surface area contributed by atoms with E-state index >= 15 is 0 Å². The second-order valence-electron chi connectivity index (χ2n) is 4.32. The lowest BCUT2D eigenvalue weighted by Gasteiger charge is -2.20. The van der Waals surface area contributed by atoms with Crippen molar-refractivity contribution in [3.8, 4) is 11.8 Å². The monoisotopic (exact) mass is 276 g/mol. The van der Waals surface area contributed by atoms with Crippen LogP contribution in [-0.4, -0.2) is 23.5 Å². The molecule has 0 aromatic heterocycles. The van der Waals surface area contributed by atoms with Gasteiger partial charge in [0.15, 0.2) is 6.61 Å². The van der Waals surface area contributed by atoms with E-state index in [0.717, 1.165) is 18.6 Å². The number of benzene rings is 1. The first-order valence-corrected chi connectivity index (χ1v) is 7.37. The highest BCUT2D eigenvalue weighted by molar-refractivity contribution is 8.00. The molecular weight excluding hydrogens is 260 g/mol. The van der Waals surface area contributed by atoms with Crippen molar-refractivity contribution in [2.24, 2.45) is 0 Å². The van der Waals surface area contributed by atoms with Crippen LogP contribution in [0.25, 0.3) is 0 Å². The Morgan fingerprint density at radius 2 is 2.42 bits per heavy atom. The van der Waals surface area contributed by atoms with Crippen LogP contribution in [0.2, 0.25) is 0 Å². The molecule has 0 radical (unpaired) electrons. The summed E-state index contributed by atoms with van der Waals surface area (Å²) >= 11 is 1.72. The predicted octanol–water partition coefficient (Wildman–Crippen LogP) is 2.81. The summed E-state index contributed by atoms with van der Waals surface area (Å²) < 4.78 is 5.21. The van der Waals surface area contributed by atoms with E-state index in [1.54, 1.807) is 30.0 Å². The molecule has 4 nitrogen and oxygen atoms in total. The van der Waals surface area contributed by atoms with Gasteiger partial charge in [-0.3, -0.25) is 4.79 Å². The van der Waals surface area contributed by atoms with E-state index in [-0.39, 0.29) is 17.8 Å². The quantitative estimate of drug-likeness (QED) is 0.918. The number of thioether (sulfide) groups is 1. The van der Waals surface area contributed by atoms with Gasteiger partial charge in [0, 0.05) is 11.8 Å². The zero-order chi connectivity index (χ0) is 13.5. The molecule has 0 aliphatic carbocycles. The highest BCUT2D eigenvalue weighted by Crippen LogP contribution is 2.26. The topological polar surface area (TPSA) is 62.1 Å². The highest BCUT2D eigenvalue weighted by Gasteiger charge is 2.21. The molecule has 100 valence electrons. The number of ether oxygens (including phenoxy) is 1. The Hall–Kier alpha value is -1.67. The number of nitriles is 1. The van der Waals surface area contributed by atoms with E-state index in [9.17, 15) is 4.79 Å². The normalized spacial score (nSPS) is 18.4. The maximum atomic E-state index is 12.1. The van der Waals surface area contributed by atoms with Crippen molar-refractivity contribution < 1.29 is 9.53 Å². The van der Waals surface area contributed by atoms with Crippen molar-refractivity contribution in [1.82, 2.24) is 0 Å². The standard InChI is InChI=1S/C14H16N2O2S/c15-7-8-18-12-5-3-4-11(10-12)16-14(17)13-6-1-2-9-19-13/h3-5,10,13H,1-2,6,8-9H2,(H,16,17). The summed E-state index contributed by atoms with van der Waals surface area (Å²) in [5.41, 5.74) is 0.714. The first-order valence-electron chi connectivity index (χ1n) is 6.32. The third-order valence-corrected chi connectivity index (χ3v) is 4.25. The average molecular weight is 276 g/mol. The van der Waals surface area contributed by atoms with Gasteiger partial charge in [-0.15, -0.1) is 11.8 Å². The van der Waals surface area contributed by atoms with Gasteiger partial charge in [0.05, 0.1) is 5.25 Å². The van der Waals surface area contributed by atoms with Gasteiger partial charge in [0.25, 0.3) is 0 Å². The smallest absolute Gasteiger partial charge is 0.237 e. The second kappa shape index (κ2) is 7.05. The Balaban J connectivity index is 1.94. The van der Waals surface area contributed by atoms with Crippen LogP contribution in [0.15, 0.2) is 24.3 Å². The van der Waals surface area contributed by atoms with Gasteiger partial charge in [-0.25, -0.2) is 0 Å². The molecule has 1 aromatic rings. The summed E-state index contributed by atoms with van der Waals surface area (Å²) in [6.45, 7) is 0.00980. The first-order chi connectivity index (χ1) is 9.29. The lowest BCUT2D eigenvalue weighted by Crippen LogP contribution is -2.27. The fourth-order valence-corrected chi connectivity index (χ4v) is 3.15. The van der Waals surface area contributed by atoms with Crippen molar-refractivity contribution >= 4 is 23.4 Å². The van der Waals surface area contributed by atoms with Crippen LogP contribution in [0.4, 0.5) is 5.69 Å². The molecule has 1 amide bonds. The molecule has 0 spiro atoms. The molecule has 5 heteroatoms. The SMILES string of the molecule is N#CCOc1cccc(NC(=O)C2CCCCS2)c1. The fraction of sp³-hybridized carbons (Fsp3) is 0.429. The molecule has 1 aromatic carbocycles. The van der Waals surface area contributed by atoms with Crippen LogP contribution in [0.3, 0.4) is 0 Å². The lowest BCUT2D eigenvalue weighted by atomic mass is 10.2. The first kappa shape index (κ1) is 13.8. The van der Waals surface area contributed by atoms with Crippen LogP contribution in [-0.2, 0) is 4.79 Å². The minimum Gasteiger partial charge on any atom is -0.479 e. The highest BCUT2D eigenvalue weighted by atomic mass is 32.2. The molecule has 1 aliphatic heterocycles. The van der Waals surface area contributed by atoms with Crippen LogP contribution in [0.5, 0.6) is 5.75 Å². The van der Waals surface area contributed by atoms with Gasteiger partial charge in [0.2, 0.25) is 5.91 Å². The van der Waals surface area contributed by atoms with Crippen molar-refractivity contribution in [2.45, 2.75) is 24.5 Å². The number of anilines is 1. The second-order valence-corrected chi connectivity index (χ2v) is 5.63. The zero-order valence-electron chi connectivity index (χ0n) is 10.6. The molecule has 1 N–H and O–H groups in total. The van der Waals surface area contributed by atoms with E-state index in [2.05, 4.69) is 5.32 Å². The summed E-state index contributed by atoms with van der Waals surface area (Å²) in [7, 11) is 0. The third kappa shape index (κ3) is 4.18. The van der Waals surface area contributed by atoms with Gasteiger partial charge in [-0.05, 0) is 30.7 Å². The number of nitrogens with one attached hydrogen (secondary N) is 1. The summed E-state index contributed by atoms with van der Waals surface area (Å²) in [5.74, 6) is 1.71. The van der Waals surface area contributed by atoms with Crippen LogP contribution in [0.1, 0.15) is 19.3 Å². The molecule has 0 saturated carbocycles. The van der Waals surface area contributed by atoms with E-state index in [4.69, 9.17) is 10.00 Å². The van der Waals surface area contributed by atoms with Gasteiger partial charge in [0.1, 0.15) is 11.8 Å². The molecule has 1 atom stereocenters. The van der Waals surface area contributed by atoms with Crippen molar-refractivity contribution in [3.05, 3.63) is 24.3 Å². The largest absolute Gasteiger partial charge is 0.479 e. The molecule has 2 rings (SSSR count). The van der Waals surface area contributed by atoms with Crippen molar-refractivity contribution in [1.29, 1.82) is 5.26 Å². The maximum Gasteiger partial charge on any atom is 0.237 e. The fourth-order valence-electron chi connectivity index (χ4n) is 1.95. The molecule has 1 heterocycles. The molecular formula is C14H16N2O2S. The minimum atomic E-state index is 0.00980. The van der Waals surface area contributed by atoms with E-state index in [1.807, 2.05) is 12.1 Å². The Morgan fingerprint density at radius 3 is 3.16 bits per heavy atom. The molecule has 0 bridgehead atoms. The Labute approximate surface area is 117 Å². The number of rotatable bonds is 4. The van der Waals surface area contributed by atoms with E-state index in [0.29, 0.717) is 11.4 Å². The van der Waals surface area contributed by atoms with Crippen LogP contribution < -0.4 is 10.1 Å². The molecule has 1 fully saturated rings. The zero-order valence-corrected chi connectivity index (χ0v) is 11.4. The number of amides is 1. The number of hydrogen-bond donors (Lipinski definition) is 1. The van der Waals surface area contributed by atoms with Crippen molar-refractivity contribution in [2.75, 3.05) is 17.7 Å². The molecule has 1 saturated heterocycles. The predicted molar refractivity (Wildman–Crippen MR) is 76.3 cm³/mol. The van der Waals surface area contributed by atoms with E-state index in [1.165, 1.54) is 6.42 Å². The Bertz CT molecular complexity index is 479. The number of hydrogen-bond acceptors (Lipinski definition) is 4. The third-order valence-electron chi connectivity index (χ3n) is 2.88. The van der Waals surface area contributed by atoms with Gasteiger partial charge >= 0.3 is 0 Å². The van der Waals surface area contributed by atoms with Crippen LogP contribution >= 0.6 is 11.8 Å². The van der Waals surface area contributed by atoms with E-state index < -0.39 is 0 Å². The molecule has 1 unspecified atom stereocenters. The number of carbonyl (C=O) groups is 1. The number of nitrogens with zero attached hydrogens (tertiary/aromatic N) is 1. The Morgan fingerprint density at radius 1 is 1.53 bits per heavy atom. The summed E-state index contributed by atoms with van der Waals surface area (Å²) in [5, 5.41) is 11.4.